The van der Waals surface area contributed by atoms with E-state index in [1.807, 2.05) is 42.5 Å². The van der Waals surface area contributed by atoms with E-state index in [0.29, 0.717) is 13.0 Å². The second kappa shape index (κ2) is 7.56. The molecular formula is C17H20N2O3. The van der Waals surface area contributed by atoms with Crippen molar-refractivity contribution in [2.24, 2.45) is 5.73 Å². The van der Waals surface area contributed by atoms with Crippen LogP contribution in [0.25, 0.3) is 10.8 Å². The summed E-state index contributed by atoms with van der Waals surface area (Å²) in [6, 6.07) is 13.1. The van der Waals surface area contributed by atoms with Gasteiger partial charge in [-0.05, 0) is 23.3 Å². The number of nitrogens with one attached hydrogen (secondary N) is 1. The molecule has 0 aliphatic carbocycles. The number of hydrogen-bond acceptors (Lipinski definition) is 3. The van der Waals surface area contributed by atoms with E-state index in [-0.39, 0.29) is 12.5 Å². The third-order valence-corrected chi connectivity index (χ3v) is 3.37. The molecule has 5 nitrogen and oxygen atoms in total. The van der Waals surface area contributed by atoms with E-state index in [1.165, 1.54) is 0 Å². The van der Waals surface area contributed by atoms with Gasteiger partial charge in [-0.1, -0.05) is 42.5 Å². The summed E-state index contributed by atoms with van der Waals surface area (Å²) in [6.07, 6.45) is 0.359. The third kappa shape index (κ3) is 4.30. The van der Waals surface area contributed by atoms with Gasteiger partial charge >= 0.3 is 0 Å². The molecule has 0 heterocycles. The van der Waals surface area contributed by atoms with E-state index >= 15 is 0 Å². The molecule has 2 aromatic rings. The van der Waals surface area contributed by atoms with Crippen molar-refractivity contribution in [3.8, 4) is 0 Å². The van der Waals surface area contributed by atoms with E-state index in [0.717, 1.165) is 16.3 Å². The molecule has 5 heteroatoms. The predicted molar refractivity (Wildman–Crippen MR) is 85.3 cm³/mol. The van der Waals surface area contributed by atoms with Gasteiger partial charge < -0.3 is 15.8 Å². The van der Waals surface area contributed by atoms with Gasteiger partial charge in [-0.15, -0.1) is 0 Å². The number of hydrogen-bond donors (Lipinski definition) is 2. The Kier molecular flexibility index (Phi) is 5.49. The number of fused-ring (bicyclic) bond motifs is 1. The van der Waals surface area contributed by atoms with Crippen LogP contribution in [0.1, 0.15) is 12.5 Å². The number of rotatable bonds is 7. The van der Waals surface area contributed by atoms with Crippen LogP contribution in [-0.4, -0.2) is 31.1 Å². The quantitative estimate of drug-likeness (QED) is 0.810. The van der Waals surface area contributed by atoms with E-state index in [1.54, 1.807) is 6.92 Å². The van der Waals surface area contributed by atoms with Crippen LogP contribution in [0.15, 0.2) is 42.5 Å². The van der Waals surface area contributed by atoms with Gasteiger partial charge in [0.2, 0.25) is 11.8 Å². The van der Waals surface area contributed by atoms with Gasteiger partial charge in [0.05, 0.1) is 0 Å². The topological polar surface area (TPSA) is 81.4 Å². The zero-order valence-corrected chi connectivity index (χ0v) is 12.5. The first-order valence-electron chi connectivity index (χ1n) is 7.24. The average Bonchev–Trinajstić information content (AvgIpc) is 2.52. The molecule has 0 saturated heterocycles. The monoisotopic (exact) mass is 300 g/mol. The fourth-order valence-electron chi connectivity index (χ4n) is 2.25. The normalized spacial score (nSPS) is 12.0. The second-order valence-electron chi connectivity index (χ2n) is 5.05. The van der Waals surface area contributed by atoms with Gasteiger partial charge in [0.1, 0.15) is 12.6 Å². The second-order valence-corrected chi connectivity index (χ2v) is 5.05. The molecule has 0 fully saturated rings. The molecule has 0 saturated carbocycles. The maximum Gasteiger partial charge on any atom is 0.246 e. The Labute approximate surface area is 129 Å². The van der Waals surface area contributed by atoms with Crippen LogP contribution >= 0.6 is 0 Å². The molecule has 2 amide bonds. The first kappa shape index (κ1) is 16.0. The fraction of sp³-hybridized carbons (Fsp3) is 0.294. The smallest absolute Gasteiger partial charge is 0.246 e. The predicted octanol–water partition coefficient (Wildman–Crippen LogP) is 1.39. The molecule has 0 radical (unpaired) electrons. The molecule has 0 aliphatic rings. The van der Waals surface area contributed by atoms with Crippen LogP contribution in [0.5, 0.6) is 0 Å². The van der Waals surface area contributed by atoms with Crippen LogP contribution < -0.4 is 11.1 Å². The van der Waals surface area contributed by atoms with Crippen LogP contribution in [0.4, 0.5) is 0 Å². The van der Waals surface area contributed by atoms with Crippen molar-refractivity contribution in [2.75, 3.05) is 13.2 Å². The molecule has 0 aromatic heterocycles. The maximum absolute atomic E-state index is 11.7. The minimum atomic E-state index is -0.742. The van der Waals surface area contributed by atoms with Crippen molar-refractivity contribution < 1.29 is 14.3 Å². The van der Waals surface area contributed by atoms with Crippen molar-refractivity contribution in [1.29, 1.82) is 0 Å². The molecular weight excluding hydrogens is 280 g/mol. The standard InChI is InChI=1S/C17H20N2O3/c1-2-22-11-16(20)19-15(17(18)21)10-12-7-8-13-5-3-4-6-14(13)9-12/h3-9,15H,2,10-11H2,1H3,(H2,18,21)(H,19,20)/t15-/m1/s1. The minimum Gasteiger partial charge on any atom is -0.372 e. The number of amides is 2. The molecule has 0 unspecified atom stereocenters. The van der Waals surface area contributed by atoms with Gasteiger partial charge in [-0.3, -0.25) is 9.59 Å². The van der Waals surface area contributed by atoms with Gasteiger partial charge in [0.25, 0.3) is 0 Å². The Morgan fingerprint density at radius 1 is 1.18 bits per heavy atom. The summed E-state index contributed by atoms with van der Waals surface area (Å²) < 4.78 is 5.02. The van der Waals surface area contributed by atoms with Crippen molar-refractivity contribution in [2.45, 2.75) is 19.4 Å². The summed E-state index contributed by atoms with van der Waals surface area (Å²) in [5.74, 6) is -0.899. The molecule has 0 aliphatic heterocycles. The highest BCUT2D eigenvalue weighted by atomic mass is 16.5. The maximum atomic E-state index is 11.7. The fourth-order valence-corrected chi connectivity index (χ4v) is 2.25. The summed E-state index contributed by atoms with van der Waals surface area (Å²) in [4.78, 5) is 23.2. The zero-order valence-electron chi connectivity index (χ0n) is 12.5. The Morgan fingerprint density at radius 2 is 1.91 bits per heavy atom. The number of primary amides is 1. The summed E-state index contributed by atoms with van der Waals surface area (Å²) in [6.45, 7) is 2.17. The van der Waals surface area contributed by atoms with E-state index in [4.69, 9.17) is 10.5 Å². The van der Waals surface area contributed by atoms with Gasteiger partial charge in [-0.25, -0.2) is 0 Å². The van der Waals surface area contributed by atoms with E-state index < -0.39 is 11.9 Å². The summed E-state index contributed by atoms with van der Waals surface area (Å²) in [5, 5.41) is 4.82. The van der Waals surface area contributed by atoms with Gasteiger partial charge in [-0.2, -0.15) is 0 Å². The highest BCUT2D eigenvalue weighted by Crippen LogP contribution is 2.16. The summed E-state index contributed by atoms with van der Waals surface area (Å²) >= 11 is 0. The zero-order chi connectivity index (χ0) is 15.9. The first-order valence-corrected chi connectivity index (χ1v) is 7.24. The molecule has 1 atom stereocenters. The Hall–Kier alpha value is -2.40. The van der Waals surface area contributed by atoms with Crippen LogP contribution in [0, 0.1) is 0 Å². The van der Waals surface area contributed by atoms with Crippen LogP contribution in [0.3, 0.4) is 0 Å². The first-order chi connectivity index (χ1) is 10.6. The van der Waals surface area contributed by atoms with Crippen molar-refractivity contribution in [3.05, 3.63) is 48.0 Å². The average molecular weight is 300 g/mol. The highest BCUT2D eigenvalue weighted by Gasteiger charge is 2.18. The van der Waals surface area contributed by atoms with Gasteiger partial charge in [0.15, 0.2) is 0 Å². The molecule has 0 bridgehead atoms. The molecule has 2 rings (SSSR count). The molecule has 2 aromatic carbocycles. The number of carbonyl (C=O) groups is 2. The number of benzene rings is 2. The Balaban J connectivity index is 2.08. The Bertz CT molecular complexity index is 670. The van der Waals surface area contributed by atoms with Crippen LogP contribution in [-0.2, 0) is 20.7 Å². The lowest BCUT2D eigenvalue weighted by molar-refractivity contribution is -0.130. The number of carbonyl (C=O) groups excluding carboxylic acids is 2. The number of ether oxygens (including phenoxy) is 1. The lowest BCUT2D eigenvalue weighted by Crippen LogP contribution is -2.47. The third-order valence-electron chi connectivity index (χ3n) is 3.37. The summed E-state index contributed by atoms with van der Waals surface area (Å²) in [5.41, 5.74) is 6.32. The van der Waals surface area contributed by atoms with Crippen molar-refractivity contribution in [3.63, 3.8) is 0 Å². The minimum absolute atomic E-state index is 0.0714. The van der Waals surface area contributed by atoms with Crippen LogP contribution in [0.2, 0.25) is 0 Å². The molecule has 0 spiro atoms. The molecule has 3 N–H and O–H groups in total. The summed E-state index contributed by atoms with van der Waals surface area (Å²) in [7, 11) is 0. The van der Waals surface area contributed by atoms with E-state index in [2.05, 4.69) is 5.32 Å². The van der Waals surface area contributed by atoms with Crippen molar-refractivity contribution >= 4 is 22.6 Å². The lowest BCUT2D eigenvalue weighted by atomic mass is 10.0. The SMILES string of the molecule is CCOCC(=O)N[C@H](Cc1ccc2ccccc2c1)C(N)=O. The molecule has 116 valence electrons. The number of nitrogens with two attached hydrogens (primary N) is 1. The Morgan fingerprint density at radius 3 is 2.59 bits per heavy atom. The van der Waals surface area contributed by atoms with Gasteiger partial charge in [0, 0.05) is 13.0 Å². The van der Waals surface area contributed by atoms with E-state index in [9.17, 15) is 9.59 Å². The molecule has 22 heavy (non-hydrogen) atoms. The highest BCUT2D eigenvalue weighted by molar-refractivity contribution is 5.88. The van der Waals surface area contributed by atoms with Crippen molar-refractivity contribution in [1.82, 2.24) is 5.32 Å². The largest absolute Gasteiger partial charge is 0.372 e. The lowest BCUT2D eigenvalue weighted by Gasteiger charge is -2.16.